The van der Waals surface area contributed by atoms with Crippen molar-refractivity contribution in [1.29, 1.82) is 0 Å². The van der Waals surface area contributed by atoms with Crippen LogP contribution in [0.1, 0.15) is 47.5 Å². The second kappa shape index (κ2) is 8.82. The van der Waals surface area contributed by atoms with Gasteiger partial charge in [-0.3, -0.25) is 4.79 Å². The SMILES string of the molecule is Cc1ccc(-c2cnc3nc(C(=O)CCCCCc4ccccc4)oc3c2)cc1. The Labute approximate surface area is 170 Å². The standard InChI is InChI=1S/C25H24N2O2/c1-18-12-14-20(15-13-18)21-16-23-24(26-17-21)27-25(29-23)22(28)11-7-3-6-10-19-8-4-2-5-9-19/h2,4-5,8-9,12-17H,3,6-7,10-11H2,1H3. The van der Waals surface area contributed by atoms with E-state index in [0.717, 1.165) is 36.8 Å². The Morgan fingerprint density at radius 1 is 0.931 bits per heavy atom. The molecule has 0 aliphatic heterocycles. The van der Waals surface area contributed by atoms with E-state index in [1.54, 1.807) is 6.20 Å². The summed E-state index contributed by atoms with van der Waals surface area (Å²) in [6, 6.07) is 20.6. The van der Waals surface area contributed by atoms with Gasteiger partial charge < -0.3 is 4.42 Å². The van der Waals surface area contributed by atoms with Gasteiger partial charge in [0.05, 0.1) is 0 Å². The molecule has 29 heavy (non-hydrogen) atoms. The third-order valence-corrected chi connectivity index (χ3v) is 5.08. The summed E-state index contributed by atoms with van der Waals surface area (Å²) < 4.78 is 5.72. The van der Waals surface area contributed by atoms with Gasteiger partial charge in [-0.15, -0.1) is 0 Å². The van der Waals surface area contributed by atoms with Gasteiger partial charge in [-0.25, -0.2) is 4.98 Å². The highest BCUT2D eigenvalue weighted by Crippen LogP contribution is 2.24. The van der Waals surface area contributed by atoms with Crippen LogP contribution in [0, 0.1) is 6.92 Å². The molecule has 0 spiro atoms. The predicted octanol–water partition coefficient (Wildman–Crippen LogP) is 6.18. The number of nitrogens with zero attached hydrogens (tertiary/aromatic N) is 2. The highest BCUT2D eigenvalue weighted by atomic mass is 16.4. The summed E-state index contributed by atoms with van der Waals surface area (Å²) in [5.74, 6) is 0.108. The van der Waals surface area contributed by atoms with Crippen LogP contribution in [0.2, 0.25) is 0 Å². The lowest BCUT2D eigenvalue weighted by Crippen LogP contribution is -1.99. The number of unbranched alkanes of at least 4 members (excludes halogenated alkanes) is 2. The summed E-state index contributed by atoms with van der Waals surface area (Å²) in [6.45, 7) is 2.06. The van der Waals surface area contributed by atoms with Crippen molar-refractivity contribution in [2.75, 3.05) is 0 Å². The van der Waals surface area contributed by atoms with Crippen LogP contribution in [0.15, 0.2) is 71.3 Å². The molecule has 0 amide bonds. The van der Waals surface area contributed by atoms with Gasteiger partial charge in [-0.05, 0) is 43.4 Å². The molecular formula is C25H24N2O2. The first-order valence-electron chi connectivity index (χ1n) is 10.1. The van der Waals surface area contributed by atoms with Crippen molar-refractivity contribution in [3.63, 3.8) is 0 Å². The van der Waals surface area contributed by atoms with Gasteiger partial charge >= 0.3 is 0 Å². The summed E-state index contributed by atoms with van der Waals surface area (Å²) in [5, 5.41) is 0. The molecule has 2 aromatic heterocycles. The number of carbonyl (C=O) groups is 1. The number of ketones is 1. The number of benzene rings is 2. The van der Waals surface area contributed by atoms with Crippen molar-refractivity contribution < 1.29 is 9.21 Å². The van der Waals surface area contributed by atoms with Crippen LogP contribution in [-0.2, 0) is 6.42 Å². The molecule has 4 heteroatoms. The third kappa shape index (κ3) is 4.77. The minimum Gasteiger partial charge on any atom is -0.432 e. The Balaban J connectivity index is 1.35. The fourth-order valence-corrected chi connectivity index (χ4v) is 3.39. The van der Waals surface area contributed by atoms with E-state index >= 15 is 0 Å². The van der Waals surface area contributed by atoms with E-state index in [9.17, 15) is 4.79 Å². The topological polar surface area (TPSA) is 56.0 Å². The summed E-state index contributed by atoms with van der Waals surface area (Å²) in [6.07, 6.45) is 6.19. The van der Waals surface area contributed by atoms with Crippen LogP contribution < -0.4 is 0 Å². The van der Waals surface area contributed by atoms with Gasteiger partial charge in [0.25, 0.3) is 5.89 Å². The van der Waals surface area contributed by atoms with Crippen LogP contribution in [-0.4, -0.2) is 15.8 Å². The van der Waals surface area contributed by atoms with Crippen LogP contribution >= 0.6 is 0 Å². The van der Waals surface area contributed by atoms with Crippen LogP contribution in [0.25, 0.3) is 22.4 Å². The van der Waals surface area contributed by atoms with Crippen molar-refractivity contribution >= 4 is 17.0 Å². The van der Waals surface area contributed by atoms with E-state index in [1.807, 2.05) is 12.1 Å². The molecule has 0 radical (unpaired) electrons. The summed E-state index contributed by atoms with van der Waals surface area (Å²) in [4.78, 5) is 21.1. The maximum atomic E-state index is 12.5. The number of pyridine rings is 1. The molecule has 0 saturated heterocycles. The van der Waals surface area contributed by atoms with Crippen molar-refractivity contribution in [1.82, 2.24) is 9.97 Å². The molecule has 4 rings (SSSR count). The Morgan fingerprint density at radius 3 is 2.52 bits per heavy atom. The molecular weight excluding hydrogens is 360 g/mol. The van der Waals surface area contributed by atoms with Crippen LogP contribution in [0.4, 0.5) is 0 Å². The summed E-state index contributed by atoms with van der Waals surface area (Å²) in [5.41, 5.74) is 5.59. The summed E-state index contributed by atoms with van der Waals surface area (Å²) in [7, 11) is 0. The van der Waals surface area contributed by atoms with Crippen LogP contribution in [0.3, 0.4) is 0 Å². The fraction of sp³-hybridized carbons (Fsp3) is 0.240. The molecule has 146 valence electrons. The van der Waals surface area contributed by atoms with E-state index in [2.05, 4.69) is 65.4 Å². The molecule has 2 heterocycles. The molecule has 0 unspecified atom stereocenters. The number of fused-ring (bicyclic) bond motifs is 1. The second-order valence-corrected chi connectivity index (χ2v) is 7.40. The third-order valence-electron chi connectivity index (χ3n) is 5.08. The van der Waals surface area contributed by atoms with E-state index in [1.165, 1.54) is 11.1 Å². The number of carbonyl (C=O) groups excluding carboxylic acids is 1. The lowest BCUT2D eigenvalue weighted by molar-refractivity contribution is 0.0947. The van der Waals surface area contributed by atoms with Gasteiger partial charge in [-0.2, -0.15) is 4.98 Å². The lowest BCUT2D eigenvalue weighted by Gasteiger charge is -2.01. The van der Waals surface area contributed by atoms with Crippen LogP contribution in [0.5, 0.6) is 0 Å². The number of oxazole rings is 1. The average Bonchev–Trinajstić information content (AvgIpc) is 3.18. The zero-order valence-electron chi connectivity index (χ0n) is 16.6. The molecule has 0 N–H and O–H groups in total. The van der Waals surface area contributed by atoms with Crippen molar-refractivity contribution in [3.05, 3.63) is 83.9 Å². The maximum Gasteiger partial charge on any atom is 0.265 e. The molecule has 0 saturated carbocycles. The number of aryl methyl sites for hydroxylation is 2. The Kier molecular flexibility index (Phi) is 5.80. The highest BCUT2D eigenvalue weighted by molar-refractivity contribution is 5.93. The van der Waals surface area contributed by atoms with Crippen molar-refractivity contribution in [3.8, 4) is 11.1 Å². The van der Waals surface area contributed by atoms with Gasteiger partial charge in [-0.1, -0.05) is 66.6 Å². The number of Topliss-reactive ketones (excluding diaryl/α,β-unsaturated/α-hetero) is 1. The normalized spacial score (nSPS) is 11.1. The van der Waals surface area contributed by atoms with E-state index < -0.39 is 0 Å². The molecule has 0 fully saturated rings. The minimum atomic E-state index is -0.0559. The van der Waals surface area contributed by atoms with E-state index in [-0.39, 0.29) is 11.7 Å². The quantitative estimate of drug-likeness (QED) is 0.269. The molecule has 0 aliphatic carbocycles. The van der Waals surface area contributed by atoms with Gasteiger partial charge in [0.2, 0.25) is 5.78 Å². The molecule has 4 aromatic rings. The Hall–Kier alpha value is -3.27. The zero-order chi connectivity index (χ0) is 20.1. The Morgan fingerprint density at radius 2 is 1.72 bits per heavy atom. The van der Waals surface area contributed by atoms with Gasteiger partial charge in [0.15, 0.2) is 11.2 Å². The largest absolute Gasteiger partial charge is 0.432 e. The monoisotopic (exact) mass is 384 g/mol. The minimum absolute atomic E-state index is 0.0559. The molecule has 4 nitrogen and oxygen atoms in total. The smallest absolute Gasteiger partial charge is 0.265 e. The molecule has 2 aromatic carbocycles. The van der Waals surface area contributed by atoms with Crippen molar-refractivity contribution in [2.45, 2.75) is 39.0 Å². The molecule has 0 aliphatic rings. The van der Waals surface area contributed by atoms with Gasteiger partial charge in [0, 0.05) is 18.2 Å². The maximum absolute atomic E-state index is 12.5. The first kappa shape index (κ1) is 19.1. The van der Waals surface area contributed by atoms with Crippen molar-refractivity contribution in [2.24, 2.45) is 0 Å². The summed E-state index contributed by atoms with van der Waals surface area (Å²) >= 11 is 0. The molecule has 0 atom stereocenters. The number of hydrogen-bond acceptors (Lipinski definition) is 4. The number of aromatic nitrogens is 2. The first-order chi connectivity index (χ1) is 14.2. The fourth-order valence-electron chi connectivity index (χ4n) is 3.39. The Bertz CT molecular complexity index is 1100. The predicted molar refractivity (Wildman–Crippen MR) is 115 cm³/mol. The second-order valence-electron chi connectivity index (χ2n) is 7.40. The molecule has 0 bridgehead atoms. The van der Waals surface area contributed by atoms with E-state index in [0.29, 0.717) is 17.7 Å². The first-order valence-corrected chi connectivity index (χ1v) is 10.1. The lowest BCUT2D eigenvalue weighted by atomic mass is 10.1. The highest BCUT2D eigenvalue weighted by Gasteiger charge is 2.15. The van der Waals surface area contributed by atoms with Gasteiger partial charge in [0.1, 0.15) is 0 Å². The number of hydrogen-bond donors (Lipinski definition) is 0. The number of rotatable bonds is 8. The van der Waals surface area contributed by atoms with E-state index in [4.69, 9.17) is 4.42 Å². The zero-order valence-corrected chi connectivity index (χ0v) is 16.6. The average molecular weight is 384 g/mol.